The summed E-state index contributed by atoms with van der Waals surface area (Å²) in [6.45, 7) is 1.92. The minimum absolute atomic E-state index is 0.160. The molecule has 0 amide bonds. The Hall–Kier alpha value is -2.29. The molecule has 2 aromatic rings. The Kier molecular flexibility index (Phi) is 6.42. The summed E-state index contributed by atoms with van der Waals surface area (Å²) in [5.41, 5.74) is 6.68. The third-order valence-corrected chi connectivity index (χ3v) is 3.76. The quantitative estimate of drug-likeness (QED) is 0.245. The van der Waals surface area contributed by atoms with Crippen molar-refractivity contribution in [1.29, 1.82) is 0 Å². The maximum absolute atomic E-state index is 12.0. The molecule has 0 aromatic heterocycles. The Morgan fingerprint density at radius 3 is 2.58 bits per heavy atom. The van der Waals surface area contributed by atoms with Gasteiger partial charge in [0.15, 0.2) is 11.5 Å². The fourth-order valence-electron chi connectivity index (χ4n) is 1.87. The third-order valence-electron chi connectivity index (χ3n) is 2.96. The summed E-state index contributed by atoms with van der Waals surface area (Å²) in [5, 5.41) is 3.45. The van der Waals surface area contributed by atoms with Crippen LogP contribution in [0.4, 0.5) is 0 Å². The lowest BCUT2D eigenvalue weighted by Crippen LogP contribution is -2.10. The van der Waals surface area contributed by atoms with Crippen LogP contribution in [-0.4, -0.2) is 18.9 Å². The van der Waals surface area contributed by atoms with Crippen molar-refractivity contribution in [2.24, 2.45) is 10.9 Å². The first-order valence-corrected chi connectivity index (χ1v) is 8.14. The number of rotatable bonds is 6. The molecule has 24 heavy (non-hydrogen) atoms. The van der Waals surface area contributed by atoms with Crippen molar-refractivity contribution in [2.75, 3.05) is 7.11 Å². The lowest BCUT2D eigenvalue weighted by atomic mass is 10.2. The number of amidine groups is 1. The van der Waals surface area contributed by atoms with E-state index in [1.54, 1.807) is 12.1 Å². The predicted octanol–water partition coefficient (Wildman–Crippen LogP) is 3.33. The Morgan fingerprint density at radius 2 is 1.96 bits per heavy atom. The summed E-state index contributed by atoms with van der Waals surface area (Å²) in [4.78, 5) is 16.7. The average molecular weight is 440 g/mol. The van der Waals surface area contributed by atoms with Crippen molar-refractivity contribution in [2.45, 2.75) is 13.5 Å². The number of benzene rings is 2. The number of halogens is 1. The van der Waals surface area contributed by atoms with Gasteiger partial charge in [-0.2, -0.15) is 0 Å². The Bertz CT molecular complexity index is 744. The first-order chi connectivity index (χ1) is 11.5. The second-order valence-corrected chi connectivity index (χ2v) is 6.04. The first-order valence-electron chi connectivity index (χ1n) is 7.07. The molecule has 0 aliphatic rings. The van der Waals surface area contributed by atoms with Crippen LogP contribution in [0.1, 0.15) is 22.8 Å². The zero-order valence-corrected chi connectivity index (χ0v) is 15.4. The molecule has 2 rings (SSSR count). The van der Waals surface area contributed by atoms with Gasteiger partial charge >= 0.3 is 5.97 Å². The lowest BCUT2D eigenvalue weighted by Gasteiger charge is -2.14. The number of carbonyl (C=O) groups excluding carboxylic acids is 1. The fourth-order valence-corrected chi connectivity index (χ4v) is 2.63. The zero-order valence-electron chi connectivity index (χ0n) is 13.3. The van der Waals surface area contributed by atoms with Gasteiger partial charge < -0.3 is 20.0 Å². The fraction of sp³-hybridized carbons (Fsp3) is 0.176. The van der Waals surface area contributed by atoms with Gasteiger partial charge in [0.05, 0.1) is 16.2 Å². The van der Waals surface area contributed by atoms with Gasteiger partial charge in [-0.25, -0.2) is 4.79 Å². The minimum Gasteiger partial charge on any atom is -0.493 e. The van der Waals surface area contributed by atoms with Crippen LogP contribution in [0.5, 0.6) is 11.5 Å². The maximum Gasteiger partial charge on any atom is 0.365 e. The second-order valence-electron chi connectivity index (χ2n) is 4.88. The van der Waals surface area contributed by atoms with Crippen molar-refractivity contribution in [3.8, 4) is 11.5 Å². The number of ether oxygens (including phenoxy) is 2. The molecule has 0 aliphatic heterocycles. The molecule has 6 nitrogen and oxygen atoms in total. The van der Waals surface area contributed by atoms with E-state index in [0.717, 1.165) is 9.13 Å². The molecule has 0 fully saturated rings. The van der Waals surface area contributed by atoms with E-state index in [2.05, 4.69) is 27.7 Å². The molecule has 0 saturated heterocycles. The van der Waals surface area contributed by atoms with E-state index < -0.39 is 5.97 Å². The Balaban J connectivity index is 2.20. The van der Waals surface area contributed by atoms with Gasteiger partial charge in [0, 0.05) is 0 Å². The molecule has 7 heteroatoms. The smallest absolute Gasteiger partial charge is 0.365 e. The molecule has 0 aliphatic carbocycles. The molecular weight excluding hydrogens is 423 g/mol. The third kappa shape index (κ3) is 4.85. The zero-order chi connectivity index (χ0) is 17.5. The normalized spacial score (nSPS) is 11.0. The van der Waals surface area contributed by atoms with Gasteiger partial charge in [0.1, 0.15) is 12.4 Å². The highest BCUT2D eigenvalue weighted by Gasteiger charge is 2.17. The summed E-state index contributed by atoms with van der Waals surface area (Å²) < 4.78 is 11.9. The van der Waals surface area contributed by atoms with E-state index in [9.17, 15) is 4.79 Å². The molecule has 0 spiro atoms. The van der Waals surface area contributed by atoms with Crippen LogP contribution in [0.25, 0.3) is 0 Å². The van der Waals surface area contributed by atoms with Crippen LogP contribution in [0.15, 0.2) is 47.6 Å². The second kappa shape index (κ2) is 8.53. The number of hydrogen-bond donors (Lipinski definition) is 1. The number of nitrogens with two attached hydrogens (primary N) is 1. The number of oxime groups is 1. The summed E-state index contributed by atoms with van der Waals surface area (Å²) in [6, 6.07) is 13.0. The first kappa shape index (κ1) is 18.1. The molecule has 0 saturated carbocycles. The Labute approximate surface area is 153 Å². The molecule has 0 bridgehead atoms. The average Bonchev–Trinajstić information content (AvgIpc) is 2.58. The van der Waals surface area contributed by atoms with Gasteiger partial charge in [-0.3, -0.25) is 0 Å². The van der Waals surface area contributed by atoms with Crippen LogP contribution < -0.4 is 15.2 Å². The van der Waals surface area contributed by atoms with Crippen molar-refractivity contribution in [3.05, 3.63) is 57.2 Å². The van der Waals surface area contributed by atoms with Crippen molar-refractivity contribution >= 4 is 34.4 Å². The van der Waals surface area contributed by atoms with E-state index in [-0.39, 0.29) is 5.84 Å². The van der Waals surface area contributed by atoms with Gasteiger partial charge in [-0.1, -0.05) is 35.5 Å². The minimum atomic E-state index is -0.620. The van der Waals surface area contributed by atoms with E-state index >= 15 is 0 Å². The van der Waals surface area contributed by atoms with Crippen LogP contribution >= 0.6 is 22.6 Å². The van der Waals surface area contributed by atoms with E-state index in [4.69, 9.17) is 20.0 Å². The summed E-state index contributed by atoms with van der Waals surface area (Å²) in [5.74, 6) is 0.550. The standard InChI is InChI=1S/C17H17IN2O4/c1-11(19)20-24-17(21)13-8-14(18)16(15(9-13)22-2)23-10-12-6-4-3-5-7-12/h3-9H,10H2,1-2H3,(H2,19,20). The van der Waals surface area contributed by atoms with E-state index in [1.165, 1.54) is 14.0 Å². The number of methoxy groups -OCH3 is 1. The van der Waals surface area contributed by atoms with Crippen LogP contribution in [0.2, 0.25) is 0 Å². The maximum atomic E-state index is 12.0. The van der Waals surface area contributed by atoms with Crippen molar-refractivity contribution in [3.63, 3.8) is 0 Å². The highest BCUT2D eigenvalue weighted by Crippen LogP contribution is 2.34. The van der Waals surface area contributed by atoms with Crippen molar-refractivity contribution < 1.29 is 19.1 Å². The summed E-state index contributed by atoms with van der Waals surface area (Å²) in [7, 11) is 1.51. The molecule has 0 unspecified atom stereocenters. The van der Waals surface area contributed by atoms with Crippen LogP contribution in [0.3, 0.4) is 0 Å². The van der Waals surface area contributed by atoms with E-state index in [0.29, 0.717) is 23.7 Å². The van der Waals surface area contributed by atoms with Gasteiger partial charge in [-0.15, -0.1) is 0 Å². The lowest BCUT2D eigenvalue weighted by molar-refractivity contribution is 0.0514. The number of hydrogen-bond acceptors (Lipinski definition) is 5. The van der Waals surface area contributed by atoms with Crippen molar-refractivity contribution in [1.82, 2.24) is 0 Å². The molecule has 126 valence electrons. The summed E-state index contributed by atoms with van der Waals surface area (Å²) in [6.07, 6.45) is 0. The van der Waals surface area contributed by atoms with E-state index in [1.807, 2.05) is 30.3 Å². The predicted molar refractivity (Wildman–Crippen MR) is 99.2 cm³/mol. The highest BCUT2D eigenvalue weighted by atomic mass is 127. The van der Waals surface area contributed by atoms with Crippen LogP contribution in [0, 0.1) is 3.57 Å². The Morgan fingerprint density at radius 1 is 1.25 bits per heavy atom. The van der Waals surface area contributed by atoms with Gasteiger partial charge in [0.25, 0.3) is 0 Å². The van der Waals surface area contributed by atoms with Crippen LogP contribution in [-0.2, 0) is 11.4 Å². The molecule has 0 heterocycles. The highest BCUT2D eigenvalue weighted by molar-refractivity contribution is 14.1. The number of carbonyl (C=O) groups is 1. The molecular formula is C17H17IN2O4. The molecule has 0 radical (unpaired) electrons. The number of nitrogens with zero attached hydrogens (tertiary/aromatic N) is 1. The largest absolute Gasteiger partial charge is 0.493 e. The summed E-state index contributed by atoms with van der Waals surface area (Å²) >= 11 is 2.08. The van der Waals surface area contributed by atoms with Gasteiger partial charge in [-0.05, 0) is 47.2 Å². The monoisotopic (exact) mass is 440 g/mol. The molecule has 2 aromatic carbocycles. The molecule has 0 atom stereocenters. The SMILES string of the molecule is COc1cc(C(=O)ON=C(C)N)cc(I)c1OCc1ccccc1. The molecule has 2 N–H and O–H groups in total. The van der Waals surface area contributed by atoms with Gasteiger partial charge in [0.2, 0.25) is 0 Å². The topological polar surface area (TPSA) is 83.1 Å².